The standard InChI is InChI=1S/C14H19N3O3/c15-10-4-3-7-17(8-10)14(19)11-5-1-2-6-12(11)20-9-13(16)18/h1-2,5-6,10H,3-4,7-9,15H2,(H2,16,18). The predicted molar refractivity (Wildman–Crippen MR) is 74.2 cm³/mol. The summed E-state index contributed by atoms with van der Waals surface area (Å²) in [6, 6.07) is 6.86. The van der Waals surface area contributed by atoms with Crippen LogP contribution in [0.5, 0.6) is 5.75 Å². The molecule has 20 heavy (non-hydrogen) atoms. The van der Waals surface area contributed by atoms with Crippen molar-refractivity contribution in [3.05, 3.63) is 29.8 Å². The van der Waals surface area contributed by atoms with Gasteiger partial charge in [0, 0.05) is 19.1 Å². The molecule has 4 N–H and O–H groups in total. The minimum Gasteiger partial charge on any atom is -0.483 e. The van der Waals surface area contributed by atoms with Gasteiger partial charge in [-0.3, -0.25) is 9.59 Å². The van der Waals surface area contributed by atoms with Crippen LogP contribution in [0.3, 0.4) is 0 Å². The molecule has 108 valence electrons. The van der Waals surface area contributed by atoms with E-state index in [4.69, 9.17) is 16.2 Å². The molecule has 0 spiro atoms. The monoisotopic (exact) mass is 277 g/mol. The SMILES string of the molecule is NC(=O)COc1ccccc1C(=O)N1CCCC(N)C1. The highest BCUT2D eigenvalue weighted by Crippen LogP contribution is 2.21. The number of hydrogen-bond donors (Lipinski definition) is 2. The fourth-order valence-corrected chi connectivity index (χ4v) is 2.28. The lowest BCUT2D eigenvalue weighted by Crippen LogP contribution is -2.45. The van der Waals surface area contributed by atoms with E-state index in [0.717, 1.165) is 12.8 Å². The maximum Gasteiger partial charge on any atom is 0.257 e. The zero-order valence-corrected chi connectivity index (χ0v) is 11.2. The number of para-hydroxylation sites is 1. The molecule has 1 aromatic carbocycles. The molecule has 0 saturated carbocycles. The Kier molecular flexibility index (Phi) is 4.57. The van der Waals surface area contributed by atoms with Crippen molar-refractivity contribution in [2.24, 2.45) is 11.5 Å². The number of carbonyl (C=O) groups excluding carboxylic acids is 2. The summed E-state index contributed by atoms with van der Waals surface area (Å²) in [5.41, 5.74) is 11.4. The lowest BCUT2D eigenvalue weighted by molar-refractivity contribution is -0.119. The Morgan fingerprint density at radius 1 is 1.35 bits per heavy atom. The molecular weight excluding hydrogens is 258 g/mol. The highest BCUT2D eigenvalue weighted by molar-refractivity contribution is 5.97. The van der Waals surface area contributed by atoms with E-state index < -0.39 is 5.91 Å². The van der Waals surface area contributed by atoms with Crippen LogP contribution in [-0.2, 0) is 4.79 Å². The van der Waals surface area contributed by atoms with E-state index in [9.17, 15) is 9.59 Å². The van der Waals surface area contributed by atoms with Gasteiger partial charge in [0.25, 0.3) is 11.8 Å². The number of piperidine rings is 1. The number of nitrogens with two attached hydrogens (primary N) is 2. The van der Waals surface area contributed by atoms with Gasteiger partial charge >= 0.3 is 0 Å². The van der Waals surface area contributed by atoms with Crippen LogP contribution in [0, 0.1) is 0 Å². The Bertz CT molecular complexity index is 504. The van der Waals surface area contributed by atoms with Crippen LogP contribution < -0.4 is 16.2 Å². The van der Waals surface area contributed by atoms with Gasteiger partial charge in [-0.05, 0) is 25.0 Å². The van der Waals surface area contributed by atoms with Crippen LogP contribution in [0.2, 0.25) is 0 Å². The average molecular weight is 277 g/mol. The first kappa shape index (κ1) is 14.3. The van der Waals surface area contributed by atoms with E-state index in [1.807, 2.05) is 0 Å². The summed E-state index contributed by atoms with van der Waals surface area (Å²) in [4.78, 5) is 25.0. The Hall–Kier alpha value is -2.08. The molecule has 6 heteroatoms. The molecule has 1 heterocycles. The van der Waals surface area contributed by atoms with Crippen molar-refractivity contribution < 1.29 is 14.3 Å². The molecule has 6 nitrogen and oxygen atoms in total. The predicted octanol–water partition coefficient (Wildman–Crippen LogP) is 0.114. The van der Waals surface area contributed by atoms with Crippen molar-refractivity contribution in [3.8, 4) is 5.75 Å². The molecule has 1 aliphatic heterocycles. The first-order valence-corrected chi connectivity index (χ1v) is 6.63. The van der Waals surface area contributed by atoms with Gasteiger partial charge < -0.3 is 21.1 Å². The molecule has 1 atom stereocenters. The molecule has 1 saturated heterocycles. The molecular formula is C14H19N3O3. The number of carbonyl (C=O) groups is 2. The van der Waals surface area contributed by atoms with E-state index in [1.54, 1.807) is 29.2 Å². The third-order valence-electron chi connectivity index (χ3n) is 3.23. The number of amides is 2. The summed E-state index contributed by atoms with van der Waals surface area (Å²) in [7, 11) is 0. The quantitative estimate of drug-likeness (QED) is 0.816. The van der Waals surface area contributed by atoms with Crippen molar-refractivity contribution in [1.29, 1.82) is 0 Å². The number of nitrogens with zero attached hydrogens (tertiary/aromatic N) is 1. The first-order valence-electron chi connectivity index (χ1n) is 6.63. The molecule has 0 aromatic heterocycles. The Morgan fingerprint density at radius 2 is 2.10 bits per heavy atom. The highest BCUT2D eigenvalue weighted by atomic mass is 16.5. The zero-order chi connectivity index (χ0) is 14.5. The van der Waals surface area contributed by atoms with Gasteiger partial charge in [-0.15, -0.1) is 0 Å². The molecule has 1 aliphatic rings. The highest BCUT2D eigenvalue weighted by Gasteiger charge is 2.24. The molecule has 0 bridgehead atoms. The minimum atomic E-state index is -0.577. The van der Waals surface area contributed by atoms with Gasteiger partial charge in [0.2, 0.25) is 0 Å². The number of rotatable bonds is 4. The van der Waals surface area contributed by atoms with Crippen molar-refractivity contribution in [1.82, 2.24) is 4.90 Å². The van der Waals surface area contributed by atoms with E-state index >= 15 is 0 Å². The maximum atomic E-state index is 12.5. The topological polar surface area (TPSA) is 98.7 Å². The fraction of sp³-hybridized carbons (Fsp3) is 0.429. The molecule has 0 radical (unpaired) electrons. The second kappa shape index (κ2) is 6.38. The van der Waals surface area contributed by atoms with Gasteiger partial charge in [0.1, 0.15) is 5.75 Å². The van der Waals surface area contributed by atoms with Crippen molar-refractivity contribution in [2.75, 3.05) is 19.7 Å². The summed E-state index contributed by atoms with van der Waals surface area (Å²) in [5, 5.41) is 0. The number of hydrogen-bond acceptors (Lipinski definition) is 4. The smallest absolute Gasteiger partial charge is 0.257 e. The van der Waals surface area contributed by atoms with Crippen molar-refractivity contribution >= 4 is 11.8 Å². The molecule has 2 rings (SSSR count). The number of benzene rings is 1. The second-order valence-corrected chi connectivity index (χ2v) is 4.90. The molecule has 1 unspecified atom stereocenters. The summed E-state index contributed by atoms with van der Waals surface area (Å²) in [6.07, 6.45) is 1.83. The number of primary amides is 1. The summed E-state index contributed by atoms with van der Waals surface area (Å²) in [5.74, 6) is -0.331. The molecule has 2 amide bonds. The third-order valence-corrected chi connectivity index (χ3v) is 3.23. The lowest BCUT2D eigenvalue weighted by atomic mass is 10.0. The minimum absolute atomic E-state index is 0.0198. The van der Waals surface area contributed by atoms with E-state index in [2.05, 4.69) is 0 Å². The Morgan fingerprint density at radius 3 is 2.80 bits per heavy atom. The normalized spacial score (nSPS) is 18.6. The van der Waals surface area contributed by atoms with Crippen molar-refractivity contribution in [2.45, 2.75) is 18.9 Å². The van der Waals surface area contributed by atoms with Gasteiger partial charge in [-0.25, -0.2) is 0 Å². The third kappa shape index (κ3) is 3.48. The van der Waals surface area contributed by atoms with Crippen LogP contribution in [0.25, 0.3) is 0 Å². The average Bonchev–Trinajstić information content (AvgIpc) is 2.44. The molecule has 1 aromatic rings. The van der Waals surface area contributed by atoms with Gasteiger partial charge in [-0.2, -0.15) is 0 Å². The van der Waals surface area contributed by atoms with Gasteiger partial charge in [0.15, 0.2) is 6.61 Å². The second-order valence-electron chi connectivity index (χ2n) is 4.90. The van der Waals surface area contributed by atoms with Crippen LogP contribution in [0.15, 0.2) is 24.3 Å². The van der Waals surface area contributed by atoms with Gasteiger partial charge in [-0.1, -0.05) is 12.1 Å². The number of likely N-dealkylation sites (tertiary alicyclic amines) is 1. The lowest BCUT2D eigenvalue weighted by Gasteiger charge is -2.31. The van der Waals surface area contributed by atoms with Crippen molar-refractivity contribution in [3.63, 3.8) is 0 Å². The van der Waals surface area contributed by atoms with Crippen LogP contribution >= 0.6 is 0 Å². The fourth-order valence-electron chi connectivity index (χ4n) is 2.28. The summed E-state index contributed by atoms with van der Waals surface area (Å²) < 4.78 is 5.28. The maximum absolute atomic E-state index is 12.5. The van der Waals surface area contributed by atoms with Crippen LogP contribution in [-0.4, -0.2) is 42.5 Å². The van der Waals surface area contributed by atoms with E-state index in [-0.39, 0.29) is 18.6 Å². The van der Waals surface area contributed by atoms with Crippen LogP contribution in [0.4, 0.5) is 0 Å². The number of ether oxygens (including phenoxy) is 1. The molecule has 0 aliphatic carbocycles. The first-order chi connectivity index (χ1) is 9.58. The van der Waals surface area contributed by atoms with E-state index in [0.29, 0.717) is 24.4 Å². The zero-order valence-electron chi connectivity index (χ0n) is 11.2. The Labute approximate surface area is 117 Å². The molecule has 1 fully saturated rings. The summed E-state index contributed by atoms with van der Waals surface area (Å²) >= 11 is 0. The van der Waals surface area contributed by atoms with Gasteiger partial charge in [0.05, 0.1) is 5.56 Å². The largest absolute Gasteiger partial charge is 0.483 e. The van der Waals surface area contributed by atoms with Crippen LogP contribution in [0.1, 0.15) is 23.2 Å². The Balaban J connectivity index is 2.14. The van der Waals surface area contributed by atoms with E-state index in [1.165, 1.54) is 0 Å². The summed E-state index contributed by atoms with van der Waals surface area (Å²) in [6.45, 7) is 0.990.